The van der Waals surface area contributed by atoms with Crippen LogP contribution < -0.4 is 10.1 Å². The molecule has 0 aliphatic heterocycles. The number of rotatable bonds is 10. The van der Waals surface area contributed by atoms with E-state index >= 15 is 0 Å². The molecule has 5 heteroatoms. The van der Waals surface area contributed by atoms with Gasteiger partial charge in [0.2, 0.25) is 0 Å². The van der Waals surface area contributed by atoms with Crippen LogP contribution in [0.5, 0.6) is 5.75 Å². The first-order chi connectivity index (χ1) is 9.63. The van der Waals surface area contributed by atoms with Gasteiger partial charge in [-0.15, -0.1) is 0 Å². The quantitative estimate of drug-likeness (QED) is 0.670. The van der Waals surface area contributed by atoms with Crippen molar-refractivity contribution in [2.24, 2.45) is 0 Å². The zero-order valence-electron chi connectivity index (χ0n) is 12.4. The van der Waals surface area contributed by atoms with Crippen molar-refractivity contribution < 1.29 is 18.6 Å². The zero-order chi connectivity index (χ0) is 14.8. The summed E-state index contributed by atoms with van der Waals surface area (Å²) in [4.78, 5) is 0. The summed E-state index contributed by atoms with van der Waals surface area (Å²) in [5.41, 5.74) is 0.815. The van der Waals surface area contributed by atoms with Crippen molar-refractivity contribution >= 4 is 0 Å². The first-order valence-corrected chi connectivity index (χ1v) is 6.84. The van der Waals surface area contributed by atoms with Gasteiger partial charge in [0.25, 0.3) is 0 Å². The molecule has 0 bridgehead atoms. The highest BCUT2D eigenvalue weighted by Gasteiger charge is 2.06. The molecule has 0 unspecified atom stereocenters. The van der Waals surface area contributed by atoms with E-state index in [0.717, 1.165) is 5.56 Å². The van der Waals surface area contributed by atoms with Crippen molar-refractivity contribution in [3.63, 3.8) is 0 Å². The Labute approximate surface area is 120 Å². The van der Waals surface area contributed by atoms with Gasteiger partial charge in [-0.05, 0) is 18.2 Å². The van der Waals surface area contributed by atoms with E-state index in [4.69, 9.17) is 14.2 Å². The molecule has 20 heavy (non-hydrogen) atoms. The Kier molecular flexibility index (Phi) is 8.18. The summed E-state index contributed by atoms with van der Waals surface area (Å²) < 4.78 is 29.1. The fourth-order valence-corrected chi connectivity index (χ4v) is 1.60. The first-order valence-electron chi connectivity index (χ1n) is 6.84. The van der Waals surface area contributed by atoms with Gasteiger partial charge < -0.3 is 19.5 Å². The lowest BCUT2D eigenvalue weighted by atomic mass is 10.2. The molecule has 0 saturated carbocycles. The molecule has 0 atom stereocenters. The fourth-order valence-electron chi connectivity index (χ4n) is 1.60. The Balaban J connectivity index is 2.43. The molecule has 4 nitrogen and oxygen atoms in total. The Bertz CT molecular complexity index is 385. The lowest BCUT2D eigenvalue weighted by Gasteiger charge is -2.14. The van der Waals surface area contributed by atoms with E-state index in [2.05, 4.69) is 5.32 Å². The van der Waals surface area contributed by atoms with Crippen LogP contribution in [0.25, 0.3) is 0 Å². The minimum atomic E-state index is -0.255. The van der Waals surface area contributed by atoms with Crippen molar-refractivity contribution in [3.8, 4) is 5.75 Å². The second kappa shape index (κ2) is 9.69. The summed E-state index contributed by atoms with van der Waals surface area (Å²) >= 11 is 0. The third-order valence-corrected chi connectivity index (χ3v) is 2.64. The minimum Gasteiger partial charge on any atom is -0.491 e. The Morgan fingerprint density at radius 1 is 1.15 bits per heavy atom. The van der Waals surface area contributed by atoms with Crippen LogP contribution in [0.1, 0.15) is 19.4 Å². The van der Waals surface area contributed by atoms with Gasteiger partial charge in [-0.3, -0.25) is 0 Å². The van der Waals surface area contributed by atoms with E-state index in [9.17, 15) is 4.39 Å². The number of halogens is 1. The fraction of sp³-hybridized carbons (Fsp3) is 0.600. The summed E-state index contributed by atoms with van der Waals surface area (Å²) in [5, 5.41) is 3.25. The second-order valence-electron chi connectivity index (χ2n) is 4.74. The molecule has 0 aliphatic carbocycles. The van der Waals surface area contributed by atoms with Gasteiger partial charge in [-0.25, -0.2) is 4.39 Å². The molecule has 1 N–H and O–H groups in total. The van der Waals surface area contributed by atoms with E-state index in [1.165, 1.54) is 12.1 Å². The third-order valence-electron chi connectivity index (χ3n) is 2.64. The van der Waals surface area contributed by atoms with Crippen LogP contribution in [-0.4, -0.2) is 39.6 Å². The van der Waals surface area contributed by atoms with E-state index in [-0.39, 0.29) is 5.82 Å². The van der Waals surface area contributed by atoms with Gasteiger partial charge in [0.05, 0.1) is 19.8 Å². The summed E-state index contributed by atoms with van der Waals surface area (Å²) in [7, 11) is 1.63. The highest BCUT2D eigenvalue weighted by Crippen LogP contribution is 2.19. The van der Waals surface area contributed by atoms with Crippen molar-refractivity contribution in [3.05, 3.63) is 29.6 Å². The zero-order valence-corrected chi connectivity index (χ0v) is 12.4. The summed E-state index contributed by atoms with van der Waals surface area (Å²) in [6, 6.07) is 4.89. The second-order valence-corrected chi connectivity index (χ2v) is 4.74. The Hall–Kier alpha value is -1.17. The van der Waals surface area contributed by atoms with Crippen LogP contribution in [0, 0.1) is 5.82 Å². The monoisotopic (exact) mass is 285 g/mol. The smallest absolute Gasteiger partial charge is 0.124 e. The summed E-state index contributed by atoms with van der Waals surface area (Å²) in [6.45, 7) is 6.70. The molecule has 0 fully saturated rings. The minimum absolute atomic E-state index is 0.255. The van der Waals surface area contributed by atoms with Crippen LogP contribution in [0.2, 0.25) is 0 Å². The normalized spacial score (nSPS) is 11.1. The highest BCUT2D eigenvalue weighted by atomic mass is 19.1. The molecule has 0 spiro atoms. The predicted octanol–water partition coefficient (Wildman–Crippen LogP) is 2.37. The van der Waals surface area contributed by atoms with Crippen molar-refractivity contribution in [1.29, 1.82) is 0 Å². The molecule has 114 valence electrons. The molecule has 0 aromatic heterocycles. The van der Waals surface area contributed by atoms with Gasteiger partial charge in [0.1, 0.15) is 18.2 Å². The van der Waals surface area contributed by atoms with Crippen molar-refractivity contribution in [2.75, 3.05) is 33.5 Å². The first kappa shape index (κ1) is 16.9. The van der Waals surface area contributed by atoms with Gasteiger partial charge in [0, 0.05) is 25.3 Å². The lowest BCUT2D eigenvalue weighted by molar-refractivity contribution is 0.0542. The molecule has 1 rings (SSSR count). The van der Waals surface area contributed by atoms with E-state index in [1.54, 1.807) is 13.2 Å². The number of benzene rings is 1. The standard InChI is InChI=1S/C15H24FNO3/c1-12(2)17-11-13-10-14(16)4-5-15(13)20-9-8-19-7-6-18-3/h4-5,10,12,17H,6-9,11H2,1-3H3. The largest absolute Gasteiger partial charge is 0.491 e. The van der Waals surface area contributed by atoms with Gasteiger partial charge in [-0.1, -0.05) is 13.8 Å². The molecule has 0 heterocycles. The van der Waals surface area contributed by atoms with Crippen LogP contribution >= 0.6 is 0 Å². The van der Waals surface area contributed by atoms with Crippen LogP contribution in [0.4, 0.5) is 4.39 Å². The maximum Gasteiger partial charge on any atom is 0.124 e. The number of ether oxygens (including phenoxy) is 3. The SMILES string of the molecule is COCCOCCOc1ccc(F)cc1CNC(C)C. The number of hydrogen-bond acceptors (Lipinski definition) is 4. The van der Waals surface area contributed by atoms with Gasteiger partial charge in [0.15, 0.2) is 0 Å². The number of nitrogens with one attached hydrogen (secondary N) is 1. The maximum atomic E-state index is 13.3. The molecule has 1 aromatic carbocycles. The summed E-state index contributed by atoms with van der Waals surface area (Å²) in [6.07, 6.45) is 0. The molecular weight excluding hydrogens is 261 g/mol. The van der Waals surface area contributed by atoms with Crippen molar-refractivity contribution in [2.45, 2.75) is 26.4 Å². The Morgan fingerprint density at radius 2 is 1.90 bits per heavy atom. The molecular formula is C15H24FNO3. The van der Waals surface area contributed by atoms with Gasteiger partial charge in [-0.2, -0.15) is 0 Å². The van der Waals surface area contributed by atoms with Crippen molar-refractivity contribution in [1.82, 2.24) is 5.32 Å². The number of hydrogen-bond donors (Lipinski definition) is 1. The predicted molar refractivity (Wildman–Crippen MR) is 76.6 cm³/mol. The van der Waals surface area contributed by atoms with E-state index in [1.807, 2.05) is 13.8 Å². The maximum absolute atomic E-state index is 13.3. The molecule has 0 saturated heterocycles. The summed E-state index contributed by atoms with van der Waals surface area (Å²) in [5.74, 6) is 0.434. The average Bonchev–Trinajstić information content (AvgIpc) is 2.42. The van der Waals surface area contributed by atoms with Crippen LogP contribution in [-0.2, 0) is 16.0 Å². The van der Waals surface area contributed by atoms with E-state index in [0.29, 0.717) is 44.8 Å². The number of methoxy groups -OCH3 is 1. The molecule has 0 radical (unpaired) electrons. The third kappa shape index (κ3) is 6.84. The highest BCUT2D eigenvalue weighted by molar-refractivity contribution is 5.34. The molecule has 1 aromatic rings. The Morgan fingerprint density at radius 3 is 2.60 bits per heavy atom. The van der Waals surface area contributed by atoms with E-state index < -0.39 is 0 Å². The topological polar surface area (TPSA) is 39.7 Å². The molecule has 0 aliphatic rings. The average molecular weight is 285 g/mol. The van der Waals surface area contributed by atoms with Crippen LogP contribution in [0.15, 0.2) is 18.2 Å². The van der Waals surface area contributed by atoms with Gasteiger partial charge >= 0.3 is 0 Å². The lowest BCUT2D eigenvalue weighted by Crippen LogP contribution is -2.22. The van der Waals surface area contributed by atoms with Crippen LogP contribution in [0.3, 0.4) is 0 Å². The molecule has 0 amide bonds.